The summed E-state index contributed by atoms with van der Waals surface area (Å²) in [7, 11) is 0. The van der Waals surface area contributed by atoms with E-state index in [1.54, 1.807) is 11.8 Å². The first-order chi connectivity index (χ1) is 11.8. The Bertz CT molecular complexity index is 795. The van der Waals surface area contributed by atoms with Gasteiger partial charge in [-0.05, 0) is 42.3 Å². The van der Waals surface area contributed by atoms with Crippen LogP contribution in [0, 0.1) is 0 Å². The maximum atomic E-state index is 4.57. The van der Waals surface area contributed by atoms with Gasteiger partial charge in [-0.1, -0.05) is 59.1 Å². The maximum absolute atomic E-state index is 4.57. The van der Waals surface area contributed by atoms with E-state index in [9.17, 15) is 0 Å². The number of hydrogen-bond acceptors (Lipinski definition) is 5. The molecule has 5 rings (SSSR count). The van der Waals surface area contributed by atoms with Crippen molar-refractivity contribution in [3.8, 4) is 0 Å². The van der Waals surface area contributed by atoms with Crippen molar-refractivity contribution in [2.75, 3.05) is 5.01 Å². The molecule has 7 heteroatoms. The van der Waals surface area contributed by atoms with E-state index in [-0.39, 0.29) is 5.37 Å². The Kier molecular flexibility index (Phi) is 3.90. The van der Waals surface area contributed by atoms with Gasteiger partial charge in [-0.25, -0.2) is 4.68 Å². The van der Waals surface area contributed by atoms with Gasteiger partial charge in [0.05, 0.1) is 0 Å². The normalized spacial score (nSPS) is 23.3. The van der Waals surface area contributed by atoms with Crippen LogP contribution in [0.15, 0.2) is 44.3 Å². The summed E-state index contributed by atoms with van der Waals surface area (Å²) >= 11 is 7.14. The van der Waals surface area contributed by atoms with Gasteiger partial charge in [-0.15, -0.1) is 10.2 Å². The molecule has 1 aromatic heterocycles. The van der Waals surface area contributed by atoms with Crippen molar-refractivity contribution < 1.29 is 0 Å². The molecule has 1 aromatic carbocycles. The SMILES string of the molecule is Brc1ccc(C2SC=C3Sc4nnc(C5CCCCC5)n4N32)cc1. The van der Waals surface area contributed by atoms with E-state index >= 15 is 0 Å². The third-order valence-corrected chi connectivity index (χ3v) is 7.64. The standard InChI is InChI=1S/C17H17BrN4S2/c18-13-8-6-12(7-9-13)16-21-14(10-23-16)24-17-20-19-15(22(17)21)11-4-2-1-3-5-11/h6-11,16H,1-5H2. The van der Waals surface area contributed by atoms with Gasteiger partial charge in [-0.2, -0.15) is 0 Å². The van der Waals surface area contributed by atoms with E-state index in [0.717, 1.165) is 15.5 Å². The van der Waals surface area contributed by atoms with Gasteiger partial charge in [0.25, 0.3) is 0 Å². The van der Waals surface area contributed by atoms with Gasteiger partial charge in [0.1, 0.15) is 10.4 Å². The molecule has 0 radical (unpaired) electrons. The summed E-state index contributed by atoms with van der Waals surface area (Å²) in [5.74, 6) is 1.71. The van der Waals surface area contributed by atoms with E-state index < -0.39 is 0 Å². The summed E-state index contributed by atoms with van der Waals surface area (Å²) in [6, 6.07) is 8.64. The summed E-state index contributed by atoms with van der Waals surface area (Å²) in [5.41, 5.74) is 1.31. The van der Waals surface area contributed by atoms with Crippen molar-refractivity contribution in [1.82, 2.24) is 14.9 Å². The highest BCUT2D eigenvalue weighted by molar-refractivity contribution is 9.10. The Labute approximate surface area is 158 Å². The number of halogens is 1. The molecule has 0 spiro atoms. The first kappa shape index (κ1) is 15.3. The molecular formula is C17H17BrN4S2. The molecule has 2 aliphatic heterocycles. The Hall–Kier alpha value is -0.920. The van der Waals surface area contributed by atoms with Crippen LogP contribution in [0.1, 0.15) is 54.8 Å². The van der Waals surface area contributed by atoms with E-state index in [1.165, 1.54) is 42.7 Å². The molecule has 24 heavy (non-hydrogen) atoms. The van der Waals surface area contributed by atoms with Crippen LogP contribution in [0.2, 0.25) is 0 Å². The zero-order valence-electron chi connectivity index (χ0n) is 13.1. The molecule has 0 bridgehead atoms. The predicted octanol–water partition coefficient (Wildman–Crippen LogP) is 5.38. The summed E-state index contributed by atoms with van der Waals surface area (Å²) in [6.45, 7) is 0. The second-order valence-corrected chi connectivity index (χ2v) is 9.29. The minimum absolute atomic E-state index is 0.264. The molecule has 0 amide bonds. The van der Waals surface area contributed by atoms with Crippen LogP contribution in [0.25, 0.3) is 0 Å². The van der Waals surface area contributed by atoms with E-state index in [1.807, 2.05) is 11.8 Å². The minimum Gasteiger partial charge on any atom is -0.252 e. The molecule has 4 nitrogen and oxygen atoms in total. The predicted molar refractivity (Wildman–Crippen MR) is 102 cm³/mol. The Morgan fingerprint density at radius 1 is 1.04 bits per heavy atom. The van der Waals surface area contributed by atoms with E-state index in [0.29, 0.717) is 5.92 Å². The number of hydrogen-bond donors (Lipinski definition) is 0. The average Bonchev–Trinajstić information content (AvgIpc) is 3.27. The largest absolute Gasteiger partial charge is 0.252 e. The lowest BCUT2D eigenvalue weighted by Crippen LogP contribution is -2.31. The first-order valence-corrected chi connectivity index (χ1v) is 10.9. The van der Waals surface area contributed by atoms with Crippen LogP contribution in [0.5, 0.6) is 0 Å². The number of aromatic nitrogens is 3. The third-order valence-electron chi connectivity index (χ3n) is 4.92. The lowest BCUT2D eigenvalue weighted by atomic mass is 9.89. The fourth-order valence-corrected chi connectivity index (χ4v) is 6.22. The van der Waals surface area contributed by atoms with Crippen molar-refractivity contribution in [2.24, 2.45) is 0 Å². The van der Waals surface area contributed by atoms with Gasteiger partial charge in [0, 0.05) is 15.8 Å². The van der Waals surface area contributed by atoms with Crippen molar-refractivity contribution in [3.05, 3.63) is 50.6 Å². The van der Waals surface area contributed by atoms with Crippen LogP contribution in [0.4, 0.5) is 0 Å². The van der Waals surface area contributed by atoms with Crippen molar-refractivity contribution >= 4 is 39.5 Å². The quantitative estimate of drug-likeness (QED) is 0.651. The van der Waals surface area contributed by atoms with Crippen LogP contribution in [-0.4, -0.2) is 14.9 Å². The van der Waals surface area contributed by atoms with Crippen molar-refractivity contribution in [2.45, 2.75) is 48.6 Å². The van der Waals surface area contributed by atoms with Gasteiger partial charge in [-0.3, -0.25) is 5.01 Å². The maximum Gasteiger partial charge on any atom is 0.216 e. The minimum atomic E-state index is 0.264. The fourth-order valence-electron chi connectivity index (χ4n) is 3.72. The molecule has 1 atom stereocenters. The molecule has 3 aliphatic rings. The molecule has 1 fully saturated rings. The molecule has 1 saturated carbocycles. The number of fused-ring (bicyclic) bond motifs is 3. The fraction of sp³-hybridized carbons (Fsp3) is 0.412. The van der Waals surface area contributed by atoms with Gasteiger partial charge in [0.15, 0.2) is 5.82 Å². The Morgan fingerprint density at radius 2 is 1.83 bits per heavy atom. The van der Waals surface area contributed by atoms with E-state index in [2.05, 4.69) is 65.5 Å². The zero-order chi connectivity index (χ0) is 16.1. The van der Waals surface area contributed by atoms with Gasteiger partial charge in [0.2, 0.25) is 5.16 Å². The Balaban J connectivity index is 1.53. The summed E-state index contributed by atoms with van der Waals surface area (Å²) in [5, 5.41) is 16.2. The van der Waals surface area contributed by atoms with Gasteiger partial charge >= 0.3 is 0 Å². The highest BCUT2D eigenvalue weighted by Gasteiger charge is 2.40. The monoisotopic (exact) mass is 420 g/mol. The second-order valence-electron chi connectivity index (χ2n) is 6.43. The molecular weight excluding hydrogens is 404 g/mol. The van der Waals surface area contributed by atoms with Crippen molar-refractivity contribution in [3.63, 3.8) is 0 Å². The molecule has 124 valence electrons. The molecule has 1 aliphatic carbocycles. The van der Waals surface area contributed by atoms with Crippen LogP contribution in [-0.2, 0) is 0 Å². The highest BCUT2D eigenvalue weighted by atomic mass is 79.9. The van der Waals surface area contributed by atoms with Crippen LogP contribution < -0.4 is 5.01 Å². The smallest absolute Gasteiger partial charge is 0.216 e. The average molecular weight is 421 g/mol. The molecule has 1 unspecified atom stereocenters. The summed E-state index contributed by atoms with van der Waals surface area (Å²) < 4.78 is 3.41. The van der Waals surface area contributed by atoms with E-state index in [4.69, 9.17) is 0 Å². The zero-order valence-corrected chi connectivity index (χ0v) is 16.3. The van der Waals surface area contributed by atoms with Crippen molar-refractivity contribution in [1.29, 1.82) is 0 Å². The summed E-state index contributed by atoms with van der Waals surface area (Å²) in [6.07, 6.45) is 6.47. The van der Waals surface area contributed by atoms with Crippen LogP contribution >= 0.6 is 39.5 Å². The lowest BCUT2D eigenvalue weighted by Gasteiger charge is -2.28. The molecule has 2 aromatic rings. The number of thioether (sulfide) groups is 2. The Morgan fingerprint density at radius 3 is 2.62 bits per heavy atom. The molecule has 0 N–H and O–H groups in total. The second kappa shape index (κ2) is 6.11. The highest BCUT2D eigenvalue weighted by Crippen LogP contribution is 2.52. The molecule has 0 saturated heterocycles. The number of nitrogens with zero attached hydrogens (tertiary/aromatic N) is 4. The topological polar surface area (TPSA) is 34.0 Å². The lowest BCUT2D eigenvalue weighted by molar-refractivity contribution is 0.411. The number of benzene rings is 1. The van der Waals surface area contributed by atoms with Gasteiger partial charge < -0.3 is 0 Å². The van der Waals surface area contributed by atoms with Crippen LogP contribution in [0.3, 0.4) is 0 Å². The third kappa shape index (κ3) is 2.44. The summed E-state index contributed by atoms with van der Waals surface area (Å²) in [4.78, 5) is 0. The molecule has 3 heterocycles. The first-order valence-electron chi connectivity index (χ1n) is 8.35. The number of rotatable bonds is 2.